The summed E-state index contributed by atoms with van der Waals surface area (Å²) in [6, 6.07) is 9.77. The Labute approximate surface area is 121 Å². The summed E-state index contributed by atoms with van der Waals surface area (Å²) in [6.45, 7) is 1.59. The number of nitro benzene ring substituents is 1. The Kier molecular flexibility index (Phi) is 3.81. The summed E-state index contributed by atoms with van der Waals surface area (Å²) in [5, 5.41) is 10.7. The van der Waals surface area contributed by atoms with E-state index >= 15 is 0 Å². The molecule has 8 heteroatoms. The molecule has 0 amide bonds. The van der Waals surface area contributed by atoms with Gasteiger partial charge in [-0.05, 0) is 36.8 Å². The number of nitrogens with zero attached hydrogens (tertiary/aromatic N) is 1. The molecule has 3 N–H and O–H groups in total. The summed E-state index contributed by atoms with van der Waals surface area (Å²) >= 11 is 0. The fourth-order valence-corrected chi connectivity index (χ4v) is 2.95. The molecule has 0 heterocycles. The van der Waals surface area contributed by atoms with Gasteiger partial charge in [-0.3, -0.25) is 14.8 Å². The summed E-state index contributed by atoms with van der Waals surface area (Å²) in [6.07, 6.45) is 0. The van der Waals surface area contributed by atoms with Crippen LogP contribution in [0.3, 0.4) is 0 Å². The van der Waals surface area contributed by atoms with Crippen LogP contribution in [0.5, 0.6) is 0 Å². The molecule has 0 spiro atoms. The maximum absolute atomic E-state index is 12.2. The molecule has 0 fully saturated rings. The van der Waals surface area contributed by atoms with Crippen molar-refractivity contribution in [2.75, 3.05) is 10.5 Å². The van der Waals surface area contributed by atoms with Crippen LogP contribution in [-0.2, 0) is 10.0 Å². The summed E-state index contributed by atoms with van der Waals surface area (Å²) in [5.74, 6) is 0. The van der Waals surface area contributed by atoms with E-state index in [-0.39, 0.29) is 16.3 Å². The third-order valence-electron chi connectivity index (χ3n) is 2.83. The third-order valence-corrected chi connectivity index (χ3v) is 4.20. The van der Waals surface area contributed by atoms with Crippen LogP contribution >= 0.6 is 0 Å². The molecule has 0 radical (unpaired) electrons. The van der Waals surface area contributed by atoms with Crippen LogP contribution in [-0.4, -0.2) is 13.3 Å². The van der Waals surface area contributed by atoms with E-state index in [2.05, 4.69) is 4.72 Å². The van der Waals surface area contributed by atoms with Crippen molar-refractivity contribution >= 4 is 27.1 Å². The van der Waals surface area contributed by atoms with Gasteiger partial charge >= 0.3 is 0 Å². The lowest BCUT2D eigenvalue weighted by Crippen LogP contribution is -2.14. The smallest absolute Gasteiger partial charge is 0.269 e. The van der Waals surface area contributed by atoms with Crippen LogP contribution in [0.1, 0.15) is 5.56 Å². The molecule has 0 bridgehead atoms. The van der Waals surface area contributed by atoms with E-state index in [0.29, 0.717) is 11.3 Å². The normalized spacial score (nSPS) is 11.1. The predicted octanol–water partition coefficient (Wildman–Crippen LogP) is 2.29. The largest absolute Gasteiger partial charge is 0.399 e. The molecule has 0 saturated carbocycles. The molecular formula is C13H13N3O4S. The van der Waals surface area contributed by atoms with Crippen molar-refractivity contribution in [1.82, 2.24) is 0 Å². The number of nitrogens with one attached hydrogen (secondary N) is 1. The molecule has 21 heavy (non-hydrogen) atoms. The standard InChI is InChI=1S/C13H13N3O4S/c1-9-7-11(16(17)18)5-6-13(9)15-21(19,20)12-4-2-3-10(14)8-12/h2-8,15H,14H2,1H3. The number of nitro groups is 1. The van der Waals surface area contributed by atoms with E-state index in [4.69, 9.17) is 5.73 Å². The minimum Gasteiger partial charge on any atom is -0.399 e. The number of nitrogen functional groups attached to an aromatic ring is 1. The van der Waals surface area contributed by atoms with E-state index in [1.165, 1.54) is 36.4 Å². The maximum Gasteiger partial charge on any atom is 0.269 e. The highest BCUT2D eigenvalue weighted by Crippen LogP contribution is 2.24. The zero-order valence-corrected chi connectivity index (χ0v) is 11.9. The Bertz CT molecular complexity index is 803. The number of nitrogens with two attached hydrogens (primary N) is 1. The minimum atomic E-state index is -3.79. The van der Waals surface area contributed by atoms with Crippen LogP contribution < -0.4 is 10.5 Å². The van der Waals surface area contributed by atoms with Gasteiger partial charge in [-0.1, -0.05) is 6.07 Å². The number of sulfonamides is 1. The van der Waals surface area contributed by atoms with Gasteiger partial charge in [0.1, 0.15) is 0 Å². The van der Waals surface area contributed by atoms with Crippen molar-refractivity contribution in [2.24, 2.45) is 0 Å². The topological polar surface area (TPSA) is 115 Å². The van der Waals surface area contributed by atoms with Gasteiger partial charge < -0.3 is 5.73 Å². The molecule has 0 unspecified atom stereocenters. The zero-order valence-electron chi connectivity index (χ0n) is 11.1. The number of aryl methyl sites for hydroxylation is 1. The monoisotopic (exact) mass is 307 g/mol. The molecule has 2 aromatic rings. The molecule has 0 aliphatic rings. The van der Waals surface area contributed by atoms with Crippen molar-refractivity contribution in [3.8, 4) is 0 Å². The fourth-order valence-electron chi connectivity index (χ4n) is 1.76. The number of benzene rings is 2. The molecule has 2 aromatic carbocycles. The number of non-ortho nitro benzene ring substituents is 1. The third kappa shape index (κ3) is 3.29. The van der Waals surface area contributed by atoms with Crippen molar-refractivity contribution in [2.45, 2.75) is 11.8 Å². The second-order valence-corrected chi connectivity index (χ2v) is 6.12. The van der Waals surface area contributed by atoms with Crippen LogP contribution in [0.4, 0.5) is 17.1 Å². The molecule has 2 rings (SSSR count). The molecule has 0 aliphatic heterocycles. The van der Waals surface area contributed by atoms with Gasteiger partial charge in [0.05, 0.1) is 15.5 Å². The lowest BCUT2D eigenvalue weighted by molar-refractivity contribution is -0.384. The van der Waals surface area contributed by atoms with E-state index in [1.807, 2.05) is 0 Å². The first-order valence-corrected chi connectivity index (χ1v) is 7.41. The first kappa shape index (κ1) is 14.8. The summed E-state index contributed by atoms with van der Waals surface area (Å²) in [7, 11) is -3.79. The van der Waals surface area contributed by atoms with E-state index in [1.54, 1.807) is 13.0 Å². The Balaban J connectivity index is 2.35. The first-order chi connectivity index (χ1) is 9.79. The Hall–Kier alpha value is -2.61. The van der Waals surface area contributed by atoms with Gasteiger partial charge in [-0.25, -0.2) is 8.42 Å². The highest BCUT2D eigenvalue weighted by atomic mass is 32.2. The van der Waals surface area contributed by atoms with E-state index in [0.717, 1.165) is 0 Å². The Morgan fingerprint density at radius 2 is 1.90 bits per heavy atom. The van der Waals surface area contributed by atoms with E-state index < -0.39 is 14.9 Å². The summed E-state index contributed by atoms with van der Waals surface area (Å²) in [4.78, 5) is 10.2. The molecule has 0 aromatic heterocycles. The SMILES string of the molecule is Cc1cc([N+](=O)[O-])ccc1NS(=O)(=O)c1cccc(N)c1. The van der Waals surface area contributed by atoms with Gasteiger partial charge in [0.15, 0.2) is 0 Å². The number of anilines is 2. The summed E-state index contributed by atoms with van der Waals surface area (Å²) in [5.41, 5.74) is 6.53. The van der Waals surface area contributed by atoms with Crippen LogP contribution in [0.2, 0.25) is 0 Å². The van der Waals surface area contributed by atoms with Gasteiger partial charge in [0.2, 0.25) is 0 Å². The van der Waals surface area contributed by atoms with Gasteiger partial charge in [-0.2, -0.15) is 0 Å². The maximum atomic E-state index is 12.2. The fraction of sp³-hybridized carbons (Fsp3) is 0.0769. The lowest BCUT2D eigenvalue weighted by atomic mass is 10.2. The van der Waals surface area contributed by atoms with E-state index in [9.17, 15) is 18.5 Å². The van der Waals surface area contributed by atoms with Crippen LogP contribution in [0, 0.1) is 17.0 Å². The first-order valence-electron chi connectivity index (χ1n) is 5.93. The second kappa shape index (κ2) is 5.41. The van der Waals surface area contributed by atoms with Gasteiger partial charge in [0, 0.05) is 17.8 Å². The molecule has 0 saturated heterocycles. The van der Waals surface area contributed by atoms with Gasteiger partial charge in [-0.15, -0.1) is 0 Å². The average Bonchev–Trinajstić information content (AvgIpc) is 2.40. The highest BCUT2D eigenvalue weighted by Gasteiger charge is 2.16. The quantitative estimate of drug-likeness (QED) is 0.511. The van der Waals surface area contributed by atoms with Crippen molar-refractivity contribution in [3.63, 3.8) is 0 Å². The highest BCUT2D eigenvalue weighted by molar-refractivity contribution is 7.92. The second-order valence-electron chi connectivity index (χ2n) is 4.43. The predicted molar refractivity (Wildman–Crippen MR) is 79.5 cm³/mol. The molecular weight excluding hydrogens is 294 g/mol. The average molecular weight is 307 g/mol. The number of hydrogen-bond donors (Lipinski definition) is 2. The van der Waals surface area contributed by atoms with Gasteiger partial charge in [0.25, 0.3) is 15.7 Å². The van der Waals surface area contributed by atoms with Crippen LogP contribution in [0.25, 0.3) is 0 Å². The Morgan fingerprint density at radius 3 is 2.48 bits per heavy atom. The molecule has 110 valence electrons. The molecule has 0 aliphatic carbocycles. The summed E-state index contributed by atoms with van der Waals surface area (Å²) < 4.78 is 26.8. The number of hydrogen-bond acceptors (Lipinski definition) is 5. The van der Waals surface area contributed by atoms with Crippen molar-refractivity contribution < 1.29 is 13.3 Å². The lowest BCUT2D eigenvalue weighted by Gasteiger charge is -2.10. The zero-order chi connectivity index (χ0) is 15.6. The molecule has 0 atom stereocenters. The minimum absolute atomic E-state index is 0.0280. The number of rotatable bonds is 4. The van der Waals surface area contributed by atoms with Crippen molar-refractivity contribution in [1.29, 1.82) is 0 Å². The molecule has 7 nitrogen and oxygen atoms in total. The Morgan fingerprint density at radius 1 is 1.19 bits per heavy atom. The van der Waals surface area contributed by atoms with Crippen molar-refractivity contribution in [3.05, 3.63) is 58.1 Å². The van der Waals surface area contributed by atoms with Crippen LogP contribution in [0.15, 0.2) is 47.4 Å².